The second kappa shape index (κ2) is 7.20. The fraction of sp³-hybridized carbons (Fsp3) is 1.00. The summed E-state index contributed by atoms with van der Waals surface area (Å²) in [6.07, 6.45) is 4.28. The molecule has 0 aromatic heterocycles. The zero-order valence-electron chi connectivity index (χ0n) is 9.12. The van der Waals surface area contributed by atoms with E-state index in [0.717, 1.165) is 25.7 Å². The van der Waals surface area contributed by atoms with Gasteiger partial charge in [0.2, 0.25) is 10.0 Å². The van der Waals surface area contributed by atoms with E-state index in [1.807, 2.05) is 6.92 Å². The van der Waals surface area contributed by atoms with Gasteiger partial charge in [0.15, 0.2) is 0 Å². The van der Waals surface area contributed by atoms with Gasteiger partial charge in [-0.2, -0.15) is 0 Å². The van der Waals surface area contributed by atoms with E-state index in [-0.39, 0.29) is 18.3 Å². The highest BCUT2D eigenvalue weighted by Crippen LogP contribution is 2.03. The van der Waals surface area contributed by atoms with Gasteiger partial charge >= 0.3 is 0 Å². The smallest absolute Gasteiger partial charge is 0.213 e. The topological polar surface area (TPSA) is 72.2 Å². The first-order valence-corrected chi connectivity index (χ1v) is 6.87. The maximum atomic E-state index is 11.3. The van der Waals surface area contributed by atoms with Crippen LogP contribution in [0.3, 0.4) is 0 Å². The van der Waals surface area contributed by atoms with E-state index in [4.69, 9.17) is 5.73 Å². The molecule has 4 nitrogen and oxygen atoms in total. The molecule has 86 valence electrons. The normalized spacial score (nSPS) is 14.2. The molecule has 5 heteroatoms. The van der Waals surface area contributed by atoms with Crippen LogP contribution < -0.4 is 10.5 Å². The Morgan fingerprint density at radius 3 is 2.50 bits per heavy atom. The van der Waals surface area contributed by atoms with Crippen LogP contribution in [0, 0.1) is 0 Å². The lowest BCUT2D eigenvalue weighted by Gasteiger charge is -2.13. The number of unbranched alkanes of at least 4 members (excludes halogenated alkanes) is 2. The average molecular weight is 222 g/mol. The molecule has 0 fully saturated rings. The molecule has 0 bridgehead atoms. The second-order valence-corrected chi connectivity index (χ2v) is 5.50. The molecule has 1 unspecified atom stereocenters. The molecule has 0 heterocycles. The number of rotatable bonds is 8. The minimum absolute atomic E-state index is 0.0190. The second-order valence-electron chi connectivity index (χ2n) is 3.62. The quantitative estimate of drug-likeness (QED) is 0.598. The molecule has 0 aliphatic carbocycles. The highest BCUT2D eigenvalue weighted by molar-refractivity contribution is 7.89. The van der Waals surface area contributed by atoms with E-state index in [1.165, 1.54) is 0 Å². The zero-order valence-corrected chi connectivity index (χ0v) is 9.94. The number of hydrogen-bond donors (Lipinski definition) is 2. The van der Waals surface area contributed by atoms with Gasteiger partial charge in [-0.3, -0.25) is 0 Å². The molecule has 14 heavy (non-hydrogen) atoms. The van der Waals surface area contributed by atoms with Gasteiger partial charge in [-0.05, 0) is 13.3 Å². The molecule has 0 saturated carbocycles. The monoisotopic (exact) mass is 222 g/mol. The Morgan fingerprint density at radius 2 is 2.00 bits per heavy atom. The van der Waals surface area contributed by atoms with Crippen LogP contribution in [-0.4, -0.2) is 26.8 Å². The number of hydrogen-bond acceptors (Lipinski definition) is 3. The first-order chi connectivity index (χ1) is 6.52. The minimum atomic E-state index is -3.14. The largest absolute Gasteiger partial charge is 0.329 e. The van der Waals surface area contributed by atoms with Crippen LogP contribution in [-0.2, 0) is 10.0 Å². The van der Waals surface area contributed by atoms with Gasteiger partial charge in [-0.1, -0.05) is 26.2 Å². The van der Waals surface area contributed by atoms with Gasteiger partial charge in [-0.15, -0.1) is 0 Å². The summed E-state index contributed by atoms with van der Waals surface area (Å²) in [4.78, 5) is 0. The first kappa shape index (κ1) is 13.9. The Morgan fingerprint density at radius 1 is 1.36 bits per heavy atom. The fourth-order valence-electron chi connectivity index (χ4n) is 1.28. The lowest BCUT2D eigenvalue weighted by molar-refractivity contribution is 0.527. The van der Waals surface area contributed by atoms with Gasteiger partial charge in [-0.25, -0.2) is 13.1 Å². The summed E-state index contributed by atoms with van der Waals surface area (Å²) in [5, 5.41) is 0. The summed E-state index contributed by atoms with van der Waals surface area (Å²) in [5.74, 6) is 0.0190. The van der Waals surface area contributed by atoms with Crippen LogP contribution in [0.5, 0.6) is 0 Å². The van der Waals surface area contributed by atoms with Crippen LogP contribution >= 0.6 is 0 Å². The summed E-state index contributed by atoms with van der Waals surface area (Å²) in [6, 6.07) is 0.0260. The summed E-state index contributed by atoms with van der Waals surface area (Å²) >= 11 is 0. The van der Waals surface area contributed by atoms with E-state index in [1.54, 1.807) is 0 Å². The molecular formula is C9H22N2O2S. The fourth-order valence-corrected chi connectivity index (χ4v) is 2.44. The molecular weight excluding hydrogens is 200 g/mol. The Labute approximate surface area is 87.3 Å². The maximum absolute atomic E-state index is 11.3. The summed E-state index contributed by atoms with van der Waals surface area (Å²) in [5.41, 5.74) is 5.19. The maximum Gasteiger partial charge on any atom is 0.213 e. The highest BCUT2D eigenvalue weighted by atomic mass is 32.2. The van der Waals surface area contributed by atoms with Crippen molar-refractivity contribution in [1.29, 1.82) is 0 Å². The number of nitrogens with two attached hydrogens (primary N) is 1. The predicted octanol–water partition coefficient (Wildman–Crippen LogP) is 0.833. The summed E-state index contributed by atoms with van der Waals surface area (Å²) in [6.45, 7) is 4.20. The van der Waals surface area contributed by atoms with E-state index >= 15 is 0 Å². The molecule has 0 radical (unpaired) electrons. The van der Waals surface area contributed by atoms with Crippen LogP contribution in [0.15, 0.2) is 0 Å². The van der Waals surface area contributed by atoms with Crippen molar-refractivity contribution < 1.29 is 8.42 Å². The van der Waals surface area contributed by atoms with Crippen molar-refractivity contribution in [1.82, 2.24) is 4.72 Å². The Hall–Kier alpha value is -0.130. The van der Waals surface area contributed by atoms with Gasteiger partial charge in [0.1, 0.15) is 0 Å². The van der Waals surface area contributed by atoms with E-state index in [2.05, 4.69) is 11.6 Å². The van der Waals surface area contributed by atoms with Crippen molar-refractivity contribution in [2.45, 2.75) is 45.6 Å². The molecule has 0 aromatic carbocycles. The predicted molar refractivity (Wildman–Crippen MR) is 59.6 cm³/mol. The lowest BCUT2D eigenvalue weighted by Crippen LogP contribution is -2.36. The molecule has 0 spiro atoms. The third kappa shape index (κ3) is 7.29. The van der Waals surface area contributed by atoms with Crippen molar-refractivity contribution >= 4 is 10.0 Å². The van der Waals surface area contributed by atoms with Crippen LogP contribution in [0.2, 0.25) is 0 Å². The SMILES string of the molecule is CCCCCC(C)NS(=O)(=O)CCN. The average Bonchev–Trinajstić information content (AvgIpc) is 2.03. The molecule has 0 aliphatic heterocycles. The molecule has 0 rings (SSSR count). The van der Waals surface area contributed by atoms with E-state index in [9.17, 15) is 8.42 Å². The first-order valence-electron chi connectivity index (χ1n) is 5.22. The van der Waals surface area contributed by atoms with Gasteiger partial charge in [0.05, 0.1) is 5.75 Å². The number of sulfonamides is 1. The molecule has 1 atom stereocenters. The minimum Gasteiger partial charge on any atom is -0.329 e. The summed E-state index contributed by atoms with van der Waals surface area (Å²) in [7, 11) is -3.14. The summed E-state index contributed by atoms with van der Waals surface area (Å²) < 4.78 is 25.2. The van der Waals surface area contributed by atoms with Crippen molar-refractivity contribution in [3.63, 3.8) is 0 Å². The third-order valence-corrected chi connectivity index (χ3v) is 3.54. The van der Waals surface area contributed by atoms with Gasteiger partial charge < -0.3 is 5.73 Å². The standard InChI is InChI=1S/C9H22N2O2S/c1-3-4-5-6-9(2)11-14(12,13)8-7-10/h9,11H,3-8,10H2,1-2H3. The van der Waals surface area contributed by atoms with Crippen molar-refractivity contribution in [2.24, 2.45) is 5.73 Å². The van der Waals surface area contributed by atoms with Crippen LogP contribution in [0.25, 0.3) is 0 Å². The van der Waals surface area contributed by atoms with Crippen LogP contribution in [0.4, 0.5) is 0 Å². The van der Waals surface area contributed by atoms with E-state index < -0.39 is 10.0 Å². The highest BCUT2D eigenvalue weighted by Gasteiger charge is 2.12. The Balaban J connectivity index is 3.75. The van der Waals surface area contributed by atoms with Crippen molar-refractivity contribution in [3.05, 3.63) is 0 Å². The third-order valence-electron chi connectivity index (χ3n) is 2.01. The zero-order chi connectivity index (χ0) is 11.0. The molecule has 0 amide bonds. The lowest BCUT2D eigenvalue weighted by atomic mass is 10.1. The molecule has 0 aromatic rings. The van der Waals surface area contributed by atoms with Gasteiger partial charge in [0.25, 0.3) is 0 Å². The Bertz CT molecular complexity index is 227. The van der Waals surface area contributed by atoms with E-state index in [0.29, 0.717) is 0 Å². The van der Waals surface area contributed by atoms with Crippen LogP contribution in [0.1, 0.15) is 39.5 Å². The van der Waals surface area contributed by atoms with Gasteiger partial charge in [0, 0.05) is 12.6 Å². The molecule has 0 aliphatic rings. The van der Waals surface area contributed by atoms with Crippen molar-refractivity contribution in [2.75, 3.05) is 12.3 Å². The van der Waals surface area contributed by atoms with Crippen molar-refractivity contribution in [3.8, 4) is 0 Å². The number of nitrogens with one attached hydrogen (secondary N) is 1. The molecule has 0 saturated heterocycles. The molecule has 3 N–H and O–H groups in total. The Kier molecular flexibility index (Phi) is 7.13.